The number of carbonyl (C=O) groups excluding carboxylic acids is 1. The first-order chi connectivity index (χ1) is 14.0. The van der Waals surface area contributed by atoms with Gasteiger partial charge in [0.1, 0.15) is 0 Å². The summed E-state index contributed by atoms with van der Waals surface area (Å²) in [6, 6.07) is 28.2. The van der Waals surface area contributed by atoms with Gasteiger partial charge in [0, 0.05) is 24.2 Å². The summed E-state index contributed by atoms with van der Waals surface area (Å²) in [5.74, 6) is -0.0161. The molecule has 0 saturated heterocycles. The second-order valence-corrected chi connectivity index (χ2v) is 7.43. The third-order valence-electron chi connectivity index (χ3n) is 4.76. The van der Waals surface area contributed by atoms with Crippen molar-refractivity contribution in [3.63, 3.8) is 0 Å². The molecular weight excluding hydrogens is 390 g/mol. The zero-order valence-corrected chi connectivity index (χ0v) is 18.4. The van der Waals surface area contributed by atoms with E-state index in [2.05, 4.69) is 42.7 Å². The summed E-state index contributed by atoms with van der Waals surface area (Å²) in [6.07, 6.45) is 1.97. The Morgan fingerprint density at radius 1 is 0.933 bits per heavy atom. The van der Waals surface area contributed by atoms with Crippen molar-refractivity contribution in [1.29, 1.82) is 0 Å². The minimum atomic E-state index is -0.0161. The summed E-state index contributed by atoms with van der Waals surface area (Å²) >= 11 is 0. The molecule has 0 aliphatic carbocycles. The first kappa shape index (κ1) is 23.3. The molecule has 0 unspecified atom stereocenters. The van der Waals surface area contributed by atoms with Crippen LogP contribution < -0.4 is 0 Å². The molecule has 0 amide bonds. The Morgan fingerprint density at radius 3 is 2.20 bits per heavy atom. The van der Waals surface area contributed by atoms with Crippen molar-refractivity contribution in [2.24, 2.45) is 0 Å². The number of benzene rings is 3. The SMILES string of the molecule is C=C(CN(C)Cc1ccccc1)C(=O)/C(=C/c1cccc(C)c1)c1ccccc1.Cl. The highest BCUT2D eigenvalue weighted by Gasteiger charge is 2.17. The molecule has 0 spiro atoms. The van der Waals surface area contributed by atoms with Gasteiger partial charge in [-0.3, -0.25) is 9.69 Å². The van der Waals surface area contributed by atoms with Crippen molar-refractivity contribution in [1.82, 2.24) is 4.90 Å². The number of hydrogen-bond donors (Lipinski definition) is 0. The monoisotopic (exact) mass is 417 g/mol. The molecule has 154 valence electrons. The fourth-order valence-electron chi connectivity index (χ4n) is 3.36. The number of likely N-dealkylation sites (N-methyl/N-ethyl adjacent to an activating group) is 1. The summed E-state index contributed by atoms with van der Waals surface area (Å²) < 4.78 is 0. The van der Waals surface area contributed by atoms with Gasteiger partial charge >= 0.3 is 0 Å². The summed E-state index contributed by atoms with van der Waals surface area (Å²) in [5, 5.41) is 0. The van der Waals surface area contributed by atoms with E-state index >= 15 is 0 Å². The van der Waals surface area contributed by atoms with Crippen molar-refractivity contribution in [3.8, 4) is 0 Å². The number of allylic oxidation sites excluding steroid dienone is 1. The molecule has 0 bridgehead atoms. The molecule has 2 nitrogen and oxygen atoms in total. The van der Waals surface area contributed by atoms with E-state index in [1.54, 1.807) is 0 Å². The normalized spacial score (nSPS) is 11.1. The number of rotatable bonds is 8. The van der Waals surface area contributed by atoms with Gasteiger partial charge in [0.05, 0.1) is 0 Å². The molecule has 0 atom stereocenters. The first-order valence-corrected chi connectivity index (χ1v) is 9.81. The Morgan fingerprint density at radius 2 is 1.57 bits per heavy atom. The molecule has 3 heteroatoms. The standard InChI is InChI=1S/C27H27NO.ClH/c1-21-11-10-14-24(17-21)18-26(25-15-8-5-9-16-25)27(29)22(2)19-28(3)20-23-12-6-4-7-13-23;/h4-18H,2,19-20H2,1,3H3;1H/b26-18+;. The van der Waals surface area contributed by atoms with Crippen LogP contribution in [0.4, 0.5) is 0 Å². The Balaban J connectivity index is 0.00000320. The molecule has 0 heterocycles. The quantitative estimate of drug-likeness (QED) is 0.320. The predicted molar refractivity (Wildman–Crippen MR) is 130 cm³/mol. The van der Waals surface area contributed by atoms with Crippen molar-refractivity contribution in [2.75, 3.05) is 13.6 Å². The lowest BCUT2D eigenvalue weighted by molar-refractivity contribution is -0.110. The van der Waals surface area contributed by atoms with Gasteiger partial charge in [-0.15, -0.1) is 12.4 Å². The maximum Gasteiger partial charge on any atom is 0.190 e. The Labute approximate surface area is 186 Å². The van der Waals surface area contributed by atoms with Gasteiger partial charge in [-0.2, -0.15) is 0 Å². The maximum atomic E-state index is 13.3. The number of nitrogens with zero attached hydrogens (tertiary/aromatic N) is 1. The molecular formula is C27H28ClNO. The zero-order valence-electron chi connectivity index (χ0n) is 17.5. The lowest BCUT2D eigenvalue weighted by atomic mass is 9.94. The topological polar surface area (TPSA) is 20.3 Å². The van der Waals surface area contributed by atoms with Gasteiger partial charge < -0.3 is 0 Å². The number of halogens is 1. The molecule has 0 fully saturated rings. The van der Waals surface area contributed by atoms with E-state index in [1.165, 1.54) is 11.1 Å². The van der Waals surface area contributed by atoms with Crippen LogP contribution in [0.1, 0.15) is 22.3 Å². The zero-order chi connectivity index (χ0) is 20.6. The second-order valence-electron chi connectivity index (χ2n) is 7.43. The highest BCUT2D eigenvalue weighted by Crippen LogP contribution is 2.23. The van der Waals surface area contributed by atoms with Crippen molar-refractivity contribution in [3.05, 3.63) is 119 Å². The third-order valence-corrected chi connectivity index (χ3v) is 4.76. The van der Waals surface area contributed by atoms with E-state index in [9.17, 15) is 4.79 Å². The van der Waals surface area contributed by atoms with E-state index in [0.717, 1.165) is 17.7 Å². The van der Waals surface area contributed by atoms with Crippen LogP contribution in [-0.4, -0.2) is 24.3 Å². The minimum Gasteiger partial charge on any atom is -0.298 e. The Hall–Kier alpha value is -2.94. The van der Waals surface area contributed by atoms with Gasteiger partial charge in [0.2, 0.25) is 0 Å². The highest BCUT2D eigenvalue weighted by atomic mass is 35.5. The minimum absolute atomic E-state index is 0. The van der Waals surface area contributed by atoms with Crippen LogP contribution in [0, 0.1) is 6.92 Å². The van der Waals surface area contributed by atoms with Crippen LogP contribution >= 0.6 is 12.4 Å². The summed E-state index contributed by atoms with van der Waals surface area (Å²) in [6.45, 7) is 7.46. The third kappa shape index (κ3) is 6.55. The summed E-state index contributed by atoms with van der Waals surface area (Å²) in [7, 11) is 2.01. The lowest BCUT2D eigenvalue weighted by Gasteiger charge is -2.18. The number of Topliss-reactive ketones (excluding diaryl/α,β-unsaturated/α-hetero) is 1. The van der Waals surface area contributed by atoms with Gasteiger partial charge in [0.25, 0.3) is 0 Å². The maximum absolute atomic E-state index is 13.3. The number of ketones is 1. The van der Waals surface area contributed by atoms with E-state index in [0.29, 0.717) is 17.7 Å². The molecule has 0 N–H and O–H groups in total. The van der Waals surface area contributed by atoms with Crippen molar-refractivity contribution >= 4 is 29.8 Å². The average Bonchev–Trinajstić information content (AvgIpc) is 2.73. The van der Waals surface area contributed by atoms with Gasteiger partial charge in [-0.05, 0) is 36.7 Å². The van der Waals surface area contributed by atoms with Crippen LogP contribution in [0.2, 0.25) is 0 Å². The van der Waals surface area contributed by atoms with Crippen LogP contribution in [0.3, 0.4) is 0 Å². The lowest BCUT2D eigenvalue weighted by Crippen LogP contribution is -2.23. The van der Waals surface area contributed by atoms with Gasteiger partial charge in [0.15, 0.2) is 5.78 Å². The molecule has 3 aromatic rings. The molecule has 30 heavy (non-hydrogen) atoms. The Bertz CT molecular complexity index is 1010. The molecule has 0 aliphatic heterocycles. The van der Waals surface area contributed by atoms with Crippen molar-refractivity contribution in [2.45, 2.75) is 13.5 Å². The van der Waals surface area contributed by atoms with E-state index in [-0.39, 0.29) is 18.2 Å². The number of hydrogen-bond acceptors (Lipinski definition) is 2. The summed E-state index contributed by atoms with van der Waals surface area (Å²) in [4.78, 5) is 15.4. The molecule has 0 radical (unpaired) electrons. The smallest absolute Gasteiger partial charge is 0.190 e. The highest BCUT2D eigenvalue weighted by molar-refractivity contribution is 6.32. The van der Waals surface area contributed by atoms with Crippen LogP contribution in [0.5, 0.6) is 0 Å². The van der Waals surface area contributed by atoms with E-state index in [4.69, 9.17) is 0 Å². The second kappa shape index (κ2) is 11.3. The molecule has 0 saturated carbocycles. The molecule has 3 rings (SSSR count). The average molecular weight is 418 g/mol. The number of carbonyl (C=O) groups is 1. The fraction of sp³-hybridized carbons (Fsp3) is 0.148. The van der Waals surface area contributed by atoms with Gasteiger partial charge in [-0.1, -0.05) is 97.1 Å². The fourth-order valence-corrected chi connectivity index (χ4v) is 3.36. The van der Waals surface area contributed by atoms with Crippen LogP contribution in [-0.2, 0) is 11.3 Å². The predicted octanol–water partition coefficient (Wildman–Crippen LogP) is 6.21. The Kier molecular flexibility index (Phi) is 8.79. The molecule has 3 aromatic carbocycles. The van der Waals surface area contributed by atoms with Gasteiger partial charge in [-0.25, -0.2) is 0 Å². The number of aryl methyl sites for hydroxylation is 1. The van der Waals surface area contributed by atoms with Crippen molar-refractivity contribution < 1.29 is 4.79 Å². The molecule has 0 aromatic heterocycles. The van der Waals surface area contributed by atoms with E-state index in [1.807, 2.05) is 73.8 Å². The summed E-state index contributed by atoms with van der Waals surface area (Å²) in [5.41, 5.74) is 5.57. The first-order valence-electron chi connectivity index (χ1n) is 9.81. The van der Waals surface area contributed by atoms with Crippen LogP contribution in [0.15, 0.2) is 97.1 Å². The molecule has 0 aliphatic rings. The van der Waals surface area contributed by atoms with E-state index < -0.39 is 0 Å². The van der Waals surface area contributed by atoms with Crippen LogP contribution in [0.25, 0.3) is 11.6 Å². The largest absolute Gasteiger partial charge is 0.298 e.